The van der Waals surface area contributed by atoms with Gasteiger partial charge >= 0.3 is 21.1 Å². The van der Waals surface area contributed by atoms with Crippen LogP contribution in [0.5, 0.6) is 0 Å². The van der Waals surface area contributed by atoms with Crippen molar-refractivity contribution in [2.24, 2.45) is 9.98 Å². The predicted molar refractivity (Wildman–Crippen MR) is 201 cm³/mol. The molecule has 0 aliphatic heterocycles. The van der Waals surface area contributed by atoms with E-state index in [2.05, 4.69) is 44.2 Å². The average Bonchev–Trinajstić information content (AvgIpc) is 3.80. The van der Waals surface area contributed by atoms with Crippen molar-refractivity contribution < 1.29 is 21.1 Å². The van der Waals surface area contributed by atoms with Crippen molar-refractivity contribution in [1.29, 1.82) is 0 Å². The molecule has 0 fully saturated rings. The van der Waals surface area contributed by atoms with Gasteiger partial charge in [0.25, 0.3) is 0 Å². The van der Waals surface area contributed by atoms with E-state index in [9.17, 15) is 0 Å². The summed E-state index contributed by atoms with van der Waals surface area (Å²) in [5.74, 6) is 0. The quantitative estimate of drug-likeness (QED) is 0.0543. The van der Waals surface area contributed by atoms with Gasteiger partial charge in [0.05, 0.1) is 0 Å². The Morgan fingerprint density at radius 2 is 0.681 bits per heavy atom. The van der Waals surface area contributed by atoms with E-state index in [4.69, 9.17) is 0 Å². The van der Waals surface area contributed by atoms with Crippen LogP contribution in [-0.4, -0.2) is 35.7 Å². The van der Waals surface area contributed by atoms with Crippen molar-refractivity contribution in [3.63, 3.8) is 0 Å². The second-order valence-corrected chi connectivity index (χ2v) is 13.2. The number of unbranched alkanes of at least 4 members (excludes halogenated alkanes) is 26. The van der Waals surface area contributed by atoms with Gasteiger partial charge in [-0.05, 0) is 12.8 Å². The minimum atomic E-state index is 0. The van der Waals surface area contributed by atoms with Crippen LogP contribution in [0.2, 0.25) is 0 Å². The van der Waals surface area contributed by atoms with Gasteiger partial charge in [-0.1, -0.05) is 193 Å². The van der Waals surface area contributed by atoms with Gasteiger partial charge in [-0.15, -0.1) is 11.4 Å². The van der Waals surface area contributed by atoms with Gasteiger partial charge in [-0.2, -0.15) is 0 Å². The Balaban J connectivity index is 0.000000882. The van der Waals surface area contributed by atoms with Crippen LogP contribution >= 0.6 is 0 Å². The Morgan fingerprint density at radius 3 is 0.915 bits per heavy atom. The number of hydrogen-bond donors (Lipinski definition) is 0. The summed E-state index contributed by atoms with van der Waals surface area (Å²) >= 11 is 0. The van der Waals surface area contributed by atoms with Crippen LogP contribution in [0.4, 0.5) is 0 Å². The van der Waals surface area contributed by atoms with Crippen LogP contribution in [0.1, 0.15) is 205 Å². The zero-order valence-electron chi connectivity index (χ0n) is 30.7. The Hall–Kier alpha value is -1.55. The minimum Gasteiger partial charge on any atom is -0.574 e. The number of nitrogens with zero attached hydrogens (tertiary/aromatic N) is 6. The molecule has 6 nitrogen and oxygen atoms in total. The summed E-state index contributed by atoms with van der Waals surface area (Å²) in [7, 11) is 0. The second kappa shape index (κ2) is 38.9. The van der Waals surface area contributed by atoms with Gasteiger partial charge in [0.2, 0.25) is 0 Å². The molecule has 2 aromatic rings. The van der Waals surface area contributed by atoms with Gasteiger partial charge in [0.15, 0.2) is 0 Å². The zero-order valence-corrected chi connectivity index (χ0v) is 32.9. The van der Waals surface area contributed by atoms with Crippen molar-refractivity contribution in [2.45, 2.75) is 194 Å². The summed E-state index contributed by atoms with van der Waals surface area (Å²) in [6, 6.07) is 3.77. The molecule has 2 aromatic heterocycles. The normalized spacial score (nSPS) is 11.3. The van der Waals surface area contributed by atoms with Crippen molar-refractivity contribution in [1.82, 2.24) is 20.4 Å². The Bertz CT molecular complexity index is 793. The van der Waals surface area contributed by atoms with Crippen molar-refractivity contribution in [3.8, 4) is 0 Å². The molecule has 7 heteroatoms. The first kappa shape index (κ1) is 45.4. The van der Waals surface area contributed by atoms with Crippen molar-refractivity contribution >= 4 is 12.4 Å². The first-order valence-corrected chi connectivity index (χ1v) is 19.7. The van der Waals surface area contributed by atoms with E-state index in [0.717, 1.165) is 24.5 Å². The Kier molecular flexibility index (Phi) is 37.6. The van der Waals surface area contributed by atoms with Crippen molar-refractivity contribution in [2.75, 3.05) is 13.1 Å². The molecular weight excluding hydrogens is 760 g/mol. The van der Waals surface area contributed by atoms with E-state index in [1.807, 2.05) is 24.6 Å². The van der Waals surface area contributed by atoms with Crippen LogP contribution in [0.15, 0.2) is 34.5 Å². The van der Waals surface area contributed by atoms with Gasteiger partial charge in [0.1, 0.15) is 0 Å². The molecular formula is C40H72N6Pt. The third kappa shape index (κ3) is 34.1. The van der Waals surface area contributed by atoms with E-state index in [0.29, 0.717) is 0 Å². The fraction of sp³-hybridized carbons (Fsp3) is 0.800. The molecule has 0 radical (unpaired) electrons. The zero-order chi connectivity index (χ0) is 32.9. The molecule has 2 heterocycles. The third-order valence-electron chi connectivity index (χ3n) is 8.70. The number of hydrogen-bond acceptors (Lipinski definition) is 4. The summed E-state index contributed by atoms with van der Waals surface area (Å²) in [6.07, 6.45) is 46.3. The average molecular weight is 832 g/mol. The maximum atomic E-state index is 4.38. The van der Waals surface area contributed by atoms with E-state index >= 15 is 0 Å². The van der Waals surface area contributed by atoms with Gasteiger partial charge in [-0.25, -0.2) is 0 Å². The molecule has 0 N–H and O–H groups in total. The molecule has 0 amide bonds. The monoisotopic (exact) mass is 832 g/mol. The summed E-state index contributed by atoms with van der Waals surface area (Å²) in [6.45, 7) is 6.41. The van der Waals surface area contributed by atoms with Gasteiger partial charge in [-0.3, -0.25) is 9.98 Å². The summed E-state index contributed by atoms with van der Waals surface area (Å²) in [4.78, 5) is 8.76. The first-order chi connectivity index (χ1) is 22.9. The molecule has 0 aromatic carbocycles. The minimum absolute atomic E-state index is 0. The molecule has 272 valence electrons. The Morgan fingerprint density at radius 1 is 0.426 bits per heavy atom. The molecule has 0 aliphatic carbocycles. The largest absolute Gasteiger partial charge is 2.00 e. The summed E-state index contributed by atoms with van der Waals surface area (Å²) in [5, 5.41) is 15.4. The van der Waals surface area contributed by atoms with Gasteiger partial charge < -0.3 is 20.4 Å². The topological polar surface area (TPSA) is 78.7 Å². The molecule has 0 saturated carbocycles. The molecule has 0 saturated heterocycles. The van der Waals surface area contributed by atoms with Crippen LogP contribution in [0, 0.1) is 0 Å². The summed E-state index contributed by atoms with van der Waals surface area (Å²) in [5.41, 5.74) is 1.74. The fourth-order valence-electron chi connectivity index (χ4n) is 5.74. The smallest absolute Gasteiger partial charge is 0.574 e. The van der Waals surface area contributed by atoms with Crippen LogP contribution in [0.3, 0.4) is 0 Å². The molecule has 0 atom stereocenters. The molecule has 0 bridgehead atoms. The molecule has 0 unspecified atom stereocenters. The number of aromatic nitrogens is 4. The van der Waals surface area contributed by atoms with E-state index in [1.165, 1.54) is 180 Å². The molecule has 2 rings (SSSR count). The van der Waals surface area contributed by atoms with Crippen molar-refractivity contribution in [3.05, 3.63) is 35.9 Å². The second-order valence-electron chi connectivity index (χ2n) is 13.2. The maximum Gasteiger partial charge on any atom is 2.00 e. The van der Waals surface area contributed by atoms with Crippen LogP contribution < -0.4 is 10.2 Å². The molecule has 47 heavy (non-hydrogen) atoms. The first-order valence-electron chi connectivity index (χ1n) is 19.7. The maximum absolute atomic E-state index is 4.38. The van der Waals surface area contributed by atoms with Crippen LogP contribution in [-0.2, 0) is 21.1 Å². The fourth-order valence-corrected chi connectivity index (χ4v) is 5.74. The van der Waals surface area contributed by atoms with E-state index < -0.39 is 0 Å². The summed E-state index contributed by atoms with van der Waals surface area (Å²) < 4.78 is 0. The molecule has 0 spiro atoms. The number of rotatable bonds is 32. The van der Waals surface area contributed by atoms with E-state index in [1.54, 1.807) is 12.4 Å². The predicted octanol–water partition coefficient (Wildman–Crippen LogP) is 11.9. The SMILES string of the molecule is CCCCCCCCCCCCCCCCN=Cc1ccn[n-]1.CCCCCCCCCCCCCCCCN=Cc1ccn[n-]1.[Pt+2]. The Labute approximate surface area is 305 Å². The number of aliphatic imine (C=N–C) groups is 2. The van der Waals surface area contributed by atoms with Gasteiger partial charge in [0, 0.05) is 37.9 Å². The van der Waals surface area contributed by atoms with Crippen LogP contribution in [0.25, 0.3) is 0 Å². The molecule has 0 aliphatic rings. The third-order valence-corrected chi connectivity index (χ3v) is 8.70. The standard InChI is InChI=1S/2C20H36N3.Pt/c2*1-2-3-4-5-6-7-8-9-10-11-12-13-14-15-17-21-19-20-16-18-22-23-20;/h2*16,18-19H,2-15,17H2,1H3;/q2*-1;+2. The van der Waals surface area contributed by atoms with E-state index in [-0.39, 0.29) is 21.1 Å².